The number of hydrogen-bond donors (Lipinski definition) is 2. The van der Waals surface area contributed by atoms with Gasteiger partial charge in [0.1, 0.15) is 22.9 Å². The Hall–Kier alpha value is -2.81. The first-order valence-corrected chi connectivity index (χ1v) is 4.89. The van der Waals surface area contributed by atoms with Crippen molar-refractivity contribution in [2.75, 3.05) is 0 Å². The normalized spacial score (nSPS) is 10.5. The SMILES string of the molecule is N#Cc1cnn2cc(-c3cn[nH]c3)cc(O)c12. The zero-order valence-corrected chi connectivity index (χ0v) is 8.62. The van der Waals surface area contributed by atoms with Gasteiger partial charge in [0, 0.05) is 23.5 Å². The monoisotopic (exact) mass is 225 g/mol. The molecule has 2 N–H and O–H groups in total. The predicted molar refractivity (Wildman–Crippen MR) is 59.2 cm³/mol. The van der Waals surface area contributed by atoms with Crippen molar-refractivity contribution in [3.63, 3.8) is 0 Å². The van der Waals surface area contributed by atoms with Crippen molar-refractivity contribution in [2.45, 2.75) is 0 Å². The summed E-state index contributed by atoms with van der Waals surface area (Å²) >= 11 is 0. The molecule has 17 heavy (non-hydrogen) atoms. The Kier molecular flexibility index (Phi) is 1.86. The molecule has 0 aromatic carbocycles. The summed E-state index contributed by atoms with van der Waals surface area (Å²) in [5.74, 6) is 0.0257. The Morgan fingerprint density at radius 1 is 1.35 bits per heavy atom. The van der Waals surface area contributed by atoms with Crippen molar-refractivity contribution in [3.8, 4) is 22.9 Å². The van der Waals surface area contributed by atoms with E-state index in [-0.39, 0.29) is 5.75 Å². The number of aromatic nitrogens is 4. The van der Waals surface area contributed by atoms with Gasteiger partial charge in [-0.3, -0.25) is 5.10 Å². The van der Waals surface area contributed by atoms with E-state index in [2.05, 4.69) is 15.3 Å². The molecule has 0 fully saturated rings. The topological polar surface area (TPSA) is 90.0 Å². The second-order valence-corrected chi connectivity index (χ2v) is 3.56. The molecule has 0 bridgehead atoms. The zero-order valence-electron chi connectivity index (χ0n) is 8.62. The lowest BCUT2D eigenvalue weighted by atomic mass is 10.1. The third-order valence-electron chi connectivity index (χ3n) is 2.54. The van der Waals surface area contributed by atoms with Crippen LogP contribution in [0.5, 0.6) is 5.75 Å². The van der Waals surface area contributed by atoms with Gasteiger partial charge in [0.15, 0.2) is 0 Å². The smallest absolute Gasteiger partial charge is 0.143 e. The van der Waals surface area contributed by atoms with E-state index in [1.54, 1.807) is 24.7 Å². The second kappa shape index (κ2) is 3.35. The third kappa shape index (κ3) is 1.33. The minimum atomic E-state index is 0.0257. The van der Waals surface area contributed by atoms with Crippen molar-refractivity contribution in [2.24, 2.45) is 0 Å². The van der Waals surface area contributed by atoms with Gasteiger partial charge in [0.05, 0.1) is 12.4 Å². The summed E-state index contributed by atoms with van der Waals surface area (Å²) < 4.78 is 1.48. The molecular weight excluding hydrogens is 218 g/mol. The third-order valence-corrected chi connectivity index (χ3v) is 2.54. The number of rotatable bonds is 1. The lowest BCUT2D eigenvalue weighted by Crippen LogP contribution is -1.89. The average molecular weight is 225 g/mol. The van der Waals surface area contributed by atoms with Gasteiger partial charge in [-0.1, -0.05) is 0 Å². The van der Waals surface area contributed by atoms with Crippen LogP contribution in [0.25, 0.3) is 16.6 Å². The van der Waals surface area contributed by atoms with Crippen LogP contribution in [-0.4, -0.2) is 24.9 Å². The highest BCUT2D eigenvalue weighted by Gasteiger charge is 2.11. The van der Waals surface area contributed by atoms with E-state index in [0.29, 0.717) is 11.1 Å². The quantitative estimate of drug-likeness (QED) is 0.653. The molecule has 0 aliphatic heterocycles. The van der Waals surface area contributed by atoms with Gasteiger partial charge in [0.25, 0.3) is 0 Å². The van der Waals surface area contributed by atoms with Crippen molar-refractivity contribution in [3.05, 3.63) is 36.4 Å². The summed E-state index contributed by atoms with van der Waals surface area (Å²) in [6.07, 6.45) is 6.53. The standard InChI is InChI=1S/C11H7N5O/c12-2-8-5-15-16-6-7(1-10(17)11(8)16)9-3-13-14-4-9/h1,3-6,17H,(H,13,14). The molecule has 3 heterocycles. The van der Waals surface area contributed by atoms with Gasteiger partial charge in [0.2, 0.25) is 0 Å². The highest BCUT2D eigenvalue weighted by Crippen LogP contribution is 2.28. The second-order valence-electron chi connectivity index (χ2n) is 3.56. The Balaban J connectivity index is 2.30. The maximum Gasteiger partial charge on any atom is 0.143 e. The number of aromatic hydroxyl groups is 1. The van der Waals surface area contributed by atoms with Gasteiger partial charge >= 0.3 is 0 Å². The summed E-state index contributed by atoms with van der Waals surface area (Å²) in [5, 5.41) is 29.3. The minimum absolute atomic E-state index is 0.0257. The molecule has 0 atom stereocenters. The average Bonchev–Trinajstić information content (AvgIpc) is 2.97. The molecule has 6 nitrogen and oxygen atoms in total. The lowest BCUT2D eigenvalue weighted by Gasteiger charge is -2.02. The molecule has 3 aromatic heterocycles. The van der Waals surface area contributed by atoms with E-state index < -0.39 is 0 Å². The molecule has 6 heteroatoms. The molecule has 0 aliphatic rings. The van der Waals surface area contributed by atoms with E-state index in [1.807, 2.05) is 6.07 Å². The summed E-state index contributed by atoms with van der Waals surface area (Å²) in [7, 11) is 0. The van der Waals surface area contributed by atoms with Crippen LogP contribution >= 0.6 is 0 Å². The molecule has 0 radical (unpaired) electrons. The molecule has 0 aliphatic carbocycles. The first kappa shape index (κ1) is 9.42. The van der Waals surface area contributed by atoms with Crippen molar-refractivity contribution < 1.29 is 5.11 Å². The van der Waals surface area contributed by atoms with Crippen LogP contribution in [0.4, 0.5) is 0 Å². The van der Waals surface area contributed by atoms with E-state index >= 15 is 0 Å². The molecule has 0 spiro atoms. The van der Waals surface area contributed by atoms with E-state index in [9.17, 15) is 5.11 Å². The lowest BCUT2D eigenvalue weighted by molar-refractivity contribution is 0.478. The van der Waals surface area contributed by atoms with Crippen molar-refractivity contribution in [1.82, 2.24) is 19.8 Å². The summed E-state index contributed by atoms with van der Waals surface area (Å²) in [5.41, 5.74) is 2.38. The van der Waals surface area contributed by atoms with Crippen molar-refractivity contribution in [1.29, 1.82) is 5.26 Å². The first-order valence-electron chi connectivity index (χ1n) is 4.89. The van der Waals surface area contributed by atoms with Crippen LogP contribution in [-0.2, 0) is 0 Å². The molecular formula is C11H7N5O. The predicted octanol–water partition coefficient (Wildman–Crippen LogP) is 1.30. The van der Waals surface area contributed by atoms with Crippen LogP contribution in [0.2, 0.25) is 0 Å². The number of hydrogen-bond acceptors (Lipinski definition) is 4. The van der Waals surface area contributed by atoms with E-state index in [1.165, 1.54) is 10.7 Å². The van der Waals surface area contributed by atoms with Gasteiger partial charge in [-0.2, -0.15) is 15.5 Å². The van der Waals surface area contributed by atoms with Crippen LogP contribution < -0.4 is 0 Å². The van der Waals surface area contributed by atoms with Crippen molar-refractivity contribution >= 4 is 5.52 Å². The van der Waals surface area contributed by atoms with Gasteiger partial charge < -0.3 is 5.11 Å². The number of H-pyrrole nitrogens is 1. The number of nitrogens with zero attached hydrogens (tertiary/aromatic N) is 4. The van der Waals surface area contributed by atoms with Crippen LogP contribution in [0.15, 0.2) is 30.9 Å². The largest absolute Gasteiger partial charge is 0.506 e. The molecule has 0 amide bonds. The fraction of sp³-hybridized carbons (Fsp3) is 0. The molecule has 82 valence electrons. The Morgan fingerprint density at radius 3 is 2.94 bits per heavy atom. The Labute approximate surface area is 95.7 Å². The molecule has 0 unspecified atom stereocenters. The van der Waals surface area contributed by atoms with Gasteiger partial charge in [-0.15, -0.1) is 0 Å². The van der Waals surface area contributed by atoms with Crippen LogP contribution in [0.1, 0.15) is 5.56 Å². The number of fused-ring (bicyclic) bond motifs is 1. The molecule has 0 saturated carbocycles. The molecule has 3 aromatic rings. The Bertz CT molecular complexity index is 720. The fourth-order valence-corrected chi connectivity index (χ4v) is 1.75. The Morgan fingerprint density at radius 2 is 2.24 bits per heavy atom. The highest BCUT2D eigenvalue weighted by atomic mass is 16.3. The number of nitriles is 1. The maximum atomic E-state index is 9.91. The van der Waals surface area contributed by atoms with E-state index in [4.69, 9.17) is 5.26 Å². The number of nitrogens with one attached hydrogen (secondary N) is 1. The van der Waals surface area contributed by atoms with Gasteiger partial charge in [-0.05, 0) is 6.07 Å². The van der Waals surface area contributed by atoms with Crippen LogP contribution in [0.3, 0.4) is 0 Å². The number of pyridine rings is 1. The zero-order chi connectivity index (χ0) is 11.8. The molecule has 3 rings (SSSR count). The van der Waals surface area contributed by atoms with E-state index in [0.717, 1.165) is 11.1 Å². The summed E-state index contributed by atoms with van der Waals surface area (Å²) in [6.45, 7) is 0. The first-order chi connectivity index (χ1) is 8.29. The number of aromatic amines is 1. The molecule has 0 saturated heterocycles. The minimum Gasteiger partial charge on any atom is -0.506 e. The fourth-order valence-electron chi connectivity index (χ4n) is 1.75. The maximum absolute atomic E-state index is 9.91. The highest BCUT2D eigenvalue weighted by molar-refractivity contribution is 5.74. The summed E-state index contributed by atoms with van der Waals surface area (Å²) in [6, 6.07) is 3.57. The van der Waals surface area contributed by atoms with Gasteiger partial charge in [-0.25, -0.2) is 4.52 Å². The summed E-state index contributed by atoms with van der Waals surface area (Å²) in [4.78, 5) is 0. The van der Waals surface area contributed by atoms with Crippen LogP contribution in [0, 0.1) is 11.3 Å².